The van der Waals surface area contributed by atoms with Crippen LogP contribution in [0.25, 0.3) is 0 Å². The van der Waals surface area contributed by atoms with E-state index in [1.54, 1.807) is 0 Å². The average Bonchev–Trinajstić information content (AvgIpc) is 2.43. The highest BCUT2D eigenvalue weighted by atomic mass is 14.1. The van der Waals surface area contributed by atoms with E-state index >= 15 is 0 Å². The van der Waals surface area contributed by atoms with Crippen molar-refractivity contribution in [3.63, 3.8) is 0 Å². The second kappa shape index (κ2) is 9.14. The Morgan fingerprint density at radius 1 is 0.900 bits per heavy atom. The minimum absolute atomic E-state index is 1.02. The highest BCUT2D eigenvalue weighted by Crippen LogP contribution is 2.20. The summed E-state index contributed by atoms with van der Waals surface area (Å²) in [6.45, 7) is 20.6. The van der Waals surface area contributed by atoms with Crippen LogP contribution in [0.1, 0.15) is 41.5 Å². The second-order valence-electron chi connectivity index (χ2n) is 5.14. The Morgan fingerprint density at radius 2 is 1.50 bits per heavy atom. The first-order valence-electron chi connectivity index (χ1n) is 6.99. The summed E-state index contributed by atoms with van der Waals surface area (Å²) in [4.78, 5) is 0. The Balaban J connectivity index is 5.32. The van der Waals surface area contributed by atoms with E-state index in [1.165, 1.54) is 22.3 Å². The molecule has 0 heteroatoms. The third kappa shape index (κ3) is 5.88. The van der Waals surface area contributed by atoms with Gasteiger partial charge in [0.15, 0.2) is 0 Å². The number of allylic oxidation sites excluding steroid dienone is 12. The highest BCUT2D eigenvalue weighted by Gasteiger charge is 2.00. The summed E-state index contributed by atoms with van der Waals surface area (Å²) in [6, 6.07) is 0. The molecule has 0 nitrogen and oxygen atoms in total. The van der Waals surface area contributed by atoms with Gasteiger partial charge >= 0.3 is 0 Å². The van der Waals surface area contributed by atoms with Gasteiger partial charge in [-0.3, -0.25) is 0 Å². The lowest BCUT2D eigenvalue weighted by atomic mass is 9.98. The molecule has 108 valence electrons. The van der Waals surface area contributed by atoms with Gasteiger partial charge in [0.2, 0.25) is 0 Å². The van der Waals surface area contributed by atoms with Crippen LogP contribution in [-0.4, -0.2) is 0 Å². The average molecular weight is 268 g/mol. The van der Waals surface area contributed by atoms with E-state index in [4.69, 9.17) is 0 Å². The maximum absolute atomic E-state index is 4.10. The fraction of sp³-hybridized carbons (Fsp3) is 0.300. The molecule has 0 aromatic rings. The molecular formula is C20H28. The van der Waals surface area contributed by atoms with E-state index in [1.807, 2.05) is 31.2 Å². The van der Waals surface area contributed by atoms with Crippen molar-refractivity contribution in [1.82, 2.24) is 0 Å². The van der Waals surface area contributed by atoms with Crippen LogP contribution >= 0.6 is 0 Å². The third-order valence-corrected chi connectivity index (χ3v) is 3.47. The van der Waals surface area contributed by atoms with Gasteiger partial charge in [-0.05, 0) is 69.4 Å². The summed E-state index contributed by atoms with van der Waals surface area (Å²) in [7, 11) is 0. The summed E-state index contributed by atoms with van der Waals surface area (Å²) in [5.74, 6) is 0. The minimum Gasteiger partial charge on any atom is -0.0985 e. The molecule has 0 saturated heterocycles. The molecule has 0 atom stereocenters. The smallest absolute Gasteiger partial charge is 0.0230 e. The molecule has 0 rings (SSSR count). The van der Waals surface area contributed by atoms with Crippen molar-refractivity contribution in [2.45, 2.75) is 41.5 Å². The molecule has 0 aromatic carbocycles. The fourth-order valence-corrected chi connectivity index (χ4v) is 1.61. The van der Waals surface area contributed by atoms with E-state index in [-0.39, 0.29) is 0 Å². The molecule has 0 radical (unpaired) electrons. The van der Waals surface area contributed by atoms with Gasteiger partial charge < -0.3 is 0 Å². The van der Waals surface area contributed by atoms with Gasteiger partial charge in [-0.15, -0.1) is 0 Å². The van der Waals surface area contributed by atoms with Crippen LogP contribution in [0.4, 0.5) is 0 Å². The summed E-state index contributed by atoms with van der Waals surface area (Å²) in [5.41, 5.74) is 7.24. The molecule has 0 unspecified atom stereocenters. The molecule has 0 aromatic heterocycles. The first kappa shape index (κ1) is 18.2. The monoisotopic (exact) mass is 268 g/mol. The van der Waals surface area contributed by atoms with E-state index in [0.29, 0.717) is 0 Å². The lowest BCUT2D eigenvalue weighted by molar-refractivity contribution is 1.21. The van der Waals surface area contributed by atoms with Gasteiger partial charge in [0.25, 0.3) is 0 Å². The van der Waals surface area contributed by atoms with Crippen molar-refractivity contribution in [3.8, 4) is 0 Å². The topological polar surface area (TPSA) is 0 Å². The van der Waals surface area contributed by atoms with E-state index in [2.05, 4.69) is 59.9 Å². The standard InChI is InChI=1S/C20H28/c1-9-11-12-16(5)17(6)13-14-20(10-2)19(8)18(7)15(3)4/h9-14H,2,6H2,1,3-5,7-8H3/b11-9-,14-13-,16-12+,20-19+. The lowest BCUT2D eigenvalue weighted by Crippen LogP contribution is -1.88. The zero-order valence-electron chi connectivity index (χ0n) is 13.9. The fourth-order valence-electron chi connectivity index (χ4n) is 1.61. The van der Waals surface area contributed by atoms with Crippen LogP contribution in [-0.2, 0) is 0 Å². The minimum atomic E-state index is 1.02. The van der Waals surface area contributed by atoms with Crippen LogP contribution in [0.15, 0.2) is 83.1 Å². The first-order chi connectivity index (χ1) is 9.34. The Labute approximate surface area is 125 Å². The first-order valence-corrected chi connectivity index (χ1v) is 6.99. The molecule has 0 aliphatic heterocycles. The number of hydrogen-bond donors (Lipinski definition) is 0. The lowest BCUT2D eigenvalue weighted by Gasteiger charge is -2.08. The van der Waals surface area contributed by atoms with Gasteiger partial charge in [-0.1, -0.05) is 55.2 Å². The largest absolute Gasteiger partial charge is 0.0985 e. The van der Waals surface area contributed by atoms with Crippen molar-refractivity contribution in [2.75, 3.05) is 0 Å². The normalized spacial score (nSPS) is 13.6. The van der Waals surface area contributed by atoms with Crippen LogP contribution in [0.2, 0.25) is 0 Å². The maximum Gasteiger partial charge on any atom is -0.0230 e. The summed E-state index contributed by atoms with van der Waals surface area (Å²) < 4.78 is 0. The molecule has 0 saturated carbocycles. The molecule has 0 spiro atoms. The van der Waals surface area contributed by atoms with Crippen molar-refractivity contribution < 1.29 is 0 Å². The molecule has 0 amide bonds. The molecule has 0 fully saturated rings. The predicted octanol–water partition coefficient (Wildman–Crippen LogP) is 6.48. The van der Waals surface area contributed by atoms with Crippen LogP contribution in [0.3, 0.4) is 0 Å². The summed E-state index contributed by atoms with van der Waals surface area (Å²) in [6.07, 6.45) is 12.1. The van der Waals surface area contributed by atoms with Crippen molar-refractivity contribution in [2.24, 2.45) is 0 Å². The number of hydrogen-bond acceptors (Lipinski definition) is 0. The van der Waals surface area contributed by atoms with Crippen LogP contribution < -0.4 is 0 Å². The molecular weight excluding hydrogens is 240 g/mol. The molecule has 20 heavy (non-hydrogen) atoms. The summed E-state index contributed by atoms with van der Waals surface area (Å²) in [5, 5.41) is 0. The van der Waals surface area contributed by atoms with E-state index in [9.17, 15) is 0 Å². The Bertz CT molecular complexity index is 510. The molecule has 0 aliphatic carbocycles. The van der Waals surface area contributed by atoms with Gasteiger partial charge in [0.1, 0.15) is 0 Å². The van der Waals surface area contributed by atoms with E-state index in [0.717, 1.165) is 11.1 Å². The Morgan fingerprint density at radius 3 is 1.95 bits per heavy atom. The van der Waals surface area contributed by atoms with Crippen LogP contribution in [0, 0.1) is 0 Å². The SMILES string of the molecule is C=CC(/C=C\C(=C)/C(C)=C/C=C\C)=C(/C)C(C)=C(C)C. The molecule has 0 aliphatic rings. The van der Waals surface area contributed by atoms with E-state index < -0.39 is 0 Å². The van der Waals surface area contributed by atoms with Gasteiger partial charge in [0.05, 0.1) is 0 Å². The Hall–Kier alpha value is -1.82. The number of rotatable bonds is 6. The third-order valence-electron chi connectivity index (χ3n) is 3.47. The maximum atomic E-state index is 4.10. The predicted molar refractivity (Wildman–Crippen MR) is 93.8 cm³/mol. The van der Waals surface area contributed by atoms with Crippen molar-refractivity contribution >= 4 is 0 Å². The molecule has 0 N–H and O–H groups in total. The second-order valence-corrected chi connectivity index (χ2v) is 5.14. The van der Waals surface area contributed by atoms with Crippen molar-refractivity contribution in [1.29, 1.82) is 0 Å². The van der Waals surface area contributed by atoms with Crippen molar-refractivity contribution in [3.05, 3.63) is 83.1 Å². The van der Waals surface area contributed by atoms with Crippen LogP contribution in [0.5, 0.6) is 0 Å². The summed E-state index contributed by atoms with van der Waals surface area (Å²) >= 11 is 0. The highest BCUT2D eigenvalue weighted by molar-refractivity contribution is 5.48. The van der Waals surface area contributed by atoms with Gasteiger partial charge in [-0.2, -0.15) is 0 Å². The Kier molecular flexibility index (Phi) is 8.31. The zero-order chi connectivity index (χ0) is 15.7. The van der Waals surface area contributed by atoms with Gasteiger partial charge in [0, 0.05) is 0 Å². The zero-order valence-corrected chi connectivity index (χ0v) is 13.9. The van der Waals surface area contributed by atoms with Gasteiger partial charge in [-0.25, -0.2) is 0 Å². The quantitative estimate of drug-likeness (QED) is 0.484. The molecule has 0 heterocycles. The molecule has 0 bridgehead atoms.